The van der Waals surface area contributed by atoms with Crippen molar-refractivity contribution in [3.63, 3.8) is 0 Å². The number of Topliss-reactive ketones (excluding diaryl/α,β-unsaturated/α-hetero) is 1. The summed E-state index contributed by atoms with van der Waals surface area (Å²) in [4.78, 5) is 12.4. The molecule has 18 heavy (non-hydrogen) atoms. The van der Waals surface area contributed by atoms with Gasteiger partial charge in [-0.15, -0.1) is 0 Å². The highest BCUT2D eigenvalue weighted by Gasteiger charge is 2.44. The molecule has 1 nitrogen and oxygen atoms in total. The number of aryl methyl sites for hydroxylation is 1. The predicted molar refractivity (Wildman–Crippen MR) is 64.4 cm³/mol. The molecule has 0 aliphatic heterocycles. The number of carbonyl (C=O) groups excluding carboxylic acids is 1. The van der Waals surface area contributed by atoms with E-state index in [2.05, 4.69) is 0 Å². The van der Waals surface area contributed by atoms with Gasteiger partial charge in [0.25, 0.3) is 0 Å². The molecule has 2 bridgehead atoms. The molecule has 0 N–H and O–H groups in total. The van der Waals surface area contributed by atoms with Gasteiger partial charge < -0.3 is 0 Å². The number of hydrogen-bond donors (Lipinski definition) is 0. The van der Waals surface area contributed by atoms with E-state index in [1.807, 2.05) is 0 Å². The number of benzene rings is 1. The van der Waals surface area contributed by atoms with Gasteiger partial charge >= 0.3 is 0 Å². The first-order valence-electron chi connectivity index (χ1n) is 6.56. The molecule has 1 aromatic carbocycles. The second-order valence-electron chi connectivity index (χ2n) is 5.70. The third-order valence-corrected chi connectivity index (χ3v) is 4.61. The Morgan fingerprint density at radius 3 is 2.61 bits per heavy atom. The molecule has 0 saturated heterocycles. The summed E-state index contributed by atoms with van der Waals surface area (Å²) in [6, 6.07) is 2.57. The van der Waals surface area contributed by atoms with Crippen LogP contribution in [-0.4, -0.2) is 5.78 Å². The van der Waals surface area contributed by atoms with Gasteiger partial charge in [0.05, 0.1) is 5.56 Å². The van der Waals surface area contributed by atoms with Gasteiger partial charge in [-0.05, 0) is 49.7 Å². The molecule has 2 aliphatic carbocycles. The molecule has 0 aromatic heterocycles. The topological polar surface area (TPSA) is 17.1 Å². The quantitative estimate of drug-likeness (QED) is 0.728. The van der Waals surface area contributed by atoms with Crippen molar-refractivity contribution in [2.75, 3.05) is 0 Å². The summed E-state index contributed by atoms with van der Waals surface area (Å²) < 4.78 is 27.7. The summed E-state index contributed by atoms with van der Waals surface area (Å²) >= 11 is 0. The zero-order valence-electron chi connectivity index (χ0n) is 10.4. The number of carbonyl (C=O) groups is 1. The smallest absolute Gasteiger partial charge is 0.172 e. The fourth-order valence-electron chi connectivity index (χ4n) is 3.63. The lowest BCUT2D eigenvalue weighted by Crippen LogP contribution is -2.23. The van der Waals surface area contributed by atoms with E-state index in [4.69, 9.17) is 0 Å². The van der Waals surface area contributed by atoms with Gasteiger partial charge in [0, 0.05) is 5.92 Å². The Morgan fingerprint density at radius 1 is 1.22 bits per heavy atom. The van der Waals surface area contributed by atoms with E-state index in [0.717, 1.165) is 19.3 Å². The third kappa shape index (κ3) is 1.68. The van der Waals surface area contributed by atoms with Gasteiger partial charge in [0.1, 0.15) is 11.6 Å². The van der Waals surface area contributed by atoms with E-state index in [-0.39, 0.29) is 17.3 Å². The Kier molecular flexibility index (Phi) is 2.72. The van der Waals surface area contributed by atoms with Gasteiger partial charge in [-0.1, -0.05) is 12.5 Å². The fraction of sp³-hybridized carbons (Fsp3) is 0.533. The van der Waals surface area contributed by atoms with Crippen LogP contribution in [-0.2, 0) is 0 Å². The summed E-state index contributed by atoms with van der Waals surface area (Å²) in [6.07, 6.45) is 4.09. The second-order valence-corrected chi connectivity index (χ2v) is 5.70. The Labute approximate surface area is 105 Å². The Bertz CT molecular complexity index is 509. The van der Waals surface area contributed by atoms with E-state index < -0.39 is 11.6 Å². The van der Waals surface area contributed by atoms with Crippen LogP contribution in [0.1, 0.15) is 41.6 Å². The second kappa shape index (κ2) is 4.15. The minimum atomic E-state index is -0.717. The SMILES string of the molecule is Cc1ccc(F)c(C(=O)C2CC3CCC2C3)c1F. The maximum absolute atomic E-state index is 13.9. The van der Waals surface area contributed by atoms with Crippen LogP contribution in [0.25, 0.3) is 0 Å². The van der Waals surface area contributed by atoms with E-state index in [0.29, 0.717) is 17.4 Å². The van der Waals surface area contributed by atoms with Crippen LogP contribution in [0.15, 0.2) is 12.1 Å². The van der Waals surface area contributed by atoms with E-state index >= 15 is 0 Å². The average molecular weight is 250 g/mol. The van der Waals surface area contributed by atoms with Crippen LogP contribution in [0, 0.1) is 36.3 Å². The van der Waals surface area contributed by atoms with E-state index in [1.165, 1.54) is 18.6 Å². The molecule has 0 heterocycles. The van der Waals surface area contributed by atoms with Crippen LogP contribution in [0.5, 0.6) is 0 Å². The summed E-state index contributed by atoms with van der Waals surface area (Å²) in [6.45, 7) is 1.56. The normalized spacial score (nSPS) is 29.8. The minimum absolute atomic E-state index is 0.158. The first kappa shape index (κ1) is 11.8. The molecule has 2 aliphatic rings. The molecule has 96 valence electrons. The molecule has 3 unspecified atom stereocenters. The Hall–Kier alpha value is -1.25. The number of hydrogen-bond acceptors (Lipinski definition) is 1. The highest BCUT2D eigenvalue weighted by Crippen LogP contribution is 2.49. The van der Waals surface area contributed by atoms with Crippen LogP contribution >= 0.6 is 0 Å². The van der Waals surface area contributed by atoms with Crippen molar-refractivity contribution in [1.29, 1.82) is 0 Å². The highest BCUT2D eigenvalue weighted by molar-refractivity contribution is 5.99. The van der Waals surface area contributed by atoms with Gasteiger partial charge in [-0.2, -0.15) is 0 Å². The lowest BCUT2D eigenvalue weighted by molar-refractivity contribution is 0.0865. The van der Waals surface area contributed by atoms with Crippen molar-refractivity contribution in [3.05, 3.63) is 34.9 Å². The van der Waals surface area contributed by atoms with Gasteiger partial charge in [-0.3, -0.25) is 4.79 Å². The zero-order chi connectivity index (χ0) is 12.9. The van der Waals surface area contributed by atoms with Crippen LogP contribution in [0.2, 0.25) is 0 Å². The van der Waals surface area contributed by atoms with Crippen molar-refractivity contribution in [1.82, 2.24) is 0 Å². The molecule has 3 heteroatoms. The van der Waals surface area contributed by atoms with Crippen molar-refractivity contribution in [2.24, 2.45) is 17.8 Å². The van der Waals surface area contributed by atoms with Crippen LogP contribution in [0.4, 0.5) is 8.78 Å². The fourth-order valence-corrected chi connectivity index (χ4v) is 3.63. The van der Waals surface area contributed by atoms with Crippen molar-refractivity contribution in [3.8, 4) is 0 Å². The van der Waals surface area contributed by atoms with E-state index in [9.17, 15) is 13.6 Å². The molecule has 3 rings (SSSR count). The number of ketones is 1. The maximum Gasteiger partial charge on any atom is 0.172 e. The predicted octanol–water partition coefficient (Wildman–Crippen LogP) is 3.89. The molecule has 2 saturated carbocycles. The summed E-state index contributed by atoms with van der Waals surface area (Å²) in [5.41, 5.74) is 0.0236. The molecule has 0 radical (unpaired) electrons. The third-order valence-electron chi connectivity index (χ3n) is 4.61. The minimum Gasteiger partial charge on any atom is -0.294 e. The van der Waals surface area contributed by atoms with Crippen LogP contribution in [0.3, 0.4) is 0 Å². The summed E-state index contributed by atoms with van der Waals surface area (Å²) in [5, 5.41) is 0. The van der Waals surface area contributed by atoms with Crippen LogP contribution < -0.4 is 0 Å². The van der Waals surface area contributed by atoms with E-state index in [1.54, 1.807) is 6.92 Å². The summed E-state index contributed by atoms with van der Waals surface area (Å²) in [5.74, 6) is -0.925. The molecular weight excluding hydrogens is 234 g/mol. The van der Waals surface area contributed by atoms with Crippen molar-refractivity contribution < 1.29 is 13.6 Å². The molecular formula is C15H16F2O. The molecule has 1 aromatic rings. The van der Waals surface area contributed by atoms with Crippen molar-refractivity contribution >= 4 is 5.78 Å². The van der Waals surface area contributed by atoms with Crippen molar-refractivity contribution in [2.45, 2.75) is 32.6 Å². The Morgan fingerprint density at radius 2 is 2.00 bits per heavy atom. The Balaban J connectivity index is 1.96. The number of halogens is 2. The monoisotopic (exact) mass is 250 g/mol. The zero-order valence-corrected chi connectivity index (χ0v) is 10.4. The highest BCUT2D eigenvalue weighted by atomic mass is 19.1. The molecule has 0 spiro atoms. The molecule has 0 amide bonds. The first-order chi connectivity index (χ1) is 8.58. The molecule has 3 atom stereocenters. The lowest BCUT2D eigenvalue weighted by Gasteiger charge is -2.21. The standard InChI is InChI=1S/C15H16F2O/c1-8-2-5-12(16)13(14(8)17)15(18)11-7-9-3-4-10(11)6-9/h2,5,9-11H,3-4,6-7H2,1H3. The lowest BCUT2D eigenvalue weighted by atomic mass is 9.82. The average Bonchev–Trinajstić information content (AvgIpc) is 2.96. The van der Waals surface area contributed by atoms with Gasteiger partial charge in [-0.25, -0.2) is 8.78 Å². The van der Waals surface area contributed by atoms with Gasteiger partial charge in [0.15, 0.2) is 5.78 Å². The van der Waals surface area contributed by atoms with Gasteiger partial charge in [0.2, 0.25) is 0 Å². The summed E-state index contributed by atoms with van der Waals surface area (Å²) in [7, 11) is 0. The largest absolute Gasteiger partial charge is 0.294 e. The maximum atomic E-state index is 13.9. The number of fused-ring (bicyclic) bond motifs is 2. The molecule has 2 fully saturated rings. The first-order valence-corrected chi connectivity index (χ1v) is 6.56. The number of rotatable bonds is 2.